The SMILES string of the molecule is O=S(=O)(CCCCBr)C1CCCCC1. The van der Waals surface area contributed by atoms with Crippen molar-refractivity contribution in [3.8, 4) is 0 Å². The lowest BCUT2D eigenvalue weighted by Gasteiger charge is -2.21. The summed E-state index contributed by atoms with van der Waals surface area (Å²) in [5.41, 5.74) is 0. The Morgan fingerprint density at radius 1 is 1.07 bits per heavy atom. The van der Waals surface area contributed by atoms with Gasteiger partial charge in [0.25, 0.3) is 0 Å². The summed E-state index contributed by atoms with van der Waals surface area (Å²) in [6.07, 6.45) is 6.99. The first kappa shape index (κ1) is 12.5. The molecule has 1 saturated carbocycles. The van der Waals surface area contributed by atoms with Crippen LogP contribution in [0, 0.1) is 0 Å². The smallest absolute Gasteiger partial charge is 0.153 e. The summed E-state index contributed by atoms with van der Waals surface area (Å²) in [4.78, 5) is 0. The number of hydrogen-bond donors (Lipinski definition) is 0. The molecule has 1 aliphatic carbocycles. The molecular weight excluding hydrogens is 264 g/mol. The average Bonchev–Trinajstić information content (AvgIpc) is 2.19. The van der Waals surface area contributed by atoms with Gasteiger partial charge in [-0.2, -0.15) is 0 Å². The number of unbranched alkanes of at least 4 members (excludes halogenated alkanes) is 1. The molecule has 0 aromatic heterocycles. The van der Waals surface area contributed by atoms with Gasteiger partial charge in [-0.3, -0.25) is 0 Å². The molecule has 2 nitrogen and oxygen atoms in total. The molecule has 0 bridgehead atoms. The molecular formula is C10H19BrO2S. The lowest BCUT2D eigenvalue weighted by Crippen LogP contribution is -2.26. The predicted molar refractivity (Wildman–Crippen MR) is 63.7 cm³/mol. The second-order valence-corrected chi connectivity index (χ2v) is 7.22. The van der Waals surface area contributed by atoms with Gasteiger partial charge in [0, 0.05) is 5.33 Å². The quantitative estimate of drug-likeness (QED) is 0.574. The third-order valence-corrected chi connectivity index (χ3v) is 5.78. The molecule has 1 rings (SSSR count). The minimum atomic E-state index is -2.78. The third kappa shape index (κ3) is 3.89. The maximum absolute atomic E-state index is 11.8. The number of rotatable bonds is 5. The Kier molecular flexibility index (Phi) is 5.45. The van der Waals surface area contributed by atoms with Crippen LogP contribution in [-0.2, 0) is 9.84 Å². The molecule has 84 valence electrons. The molecule has 1 fully saturated rings. The monoisotopic (exact) mass is 282 g/mol. The topological polar surface area (TPSA) is 34.1 Å². The maximum atomic E-state index is 11.8. The van der Waals surface area contributed by atoms with Gasteiger partial charge in [0.2, 0.25) is 0 Å². The number of halogens is 1. The summed E-state index contributed by atoms with van der Waals surface area (Å²) >= 11 is 3.32. The Morgan fingerprint density at radius 2 is 1.71 bits per heavy atom. The molecule has 0 saturated heterocycles. The molecule has 14 heavy (non-hydrogen) atoms. The van der Waals surface area contributed by atoms with Crippen molar-refractivity contribution in [2.45, 2.75) is 50.2 Å². The van der Waals surface area contributed by atoms with Crippen molar-refractivity contribution in [2.75, 3.05) is 11.1 Å². The van der Waals surface area contributed by atoms with E-state index in [0.717, 1.165) is 43.9 Å². The minimum absolute atomic E-state index is 0.0217. The Hall–Kier alpha value is 0.430. The highest BCUT2D eigenvalue weighted by atomic mass is 79.9. The Labute approximate surface area is 95.5 Å². The fraction of sp³-hybridized carbons (Fsp3) is 1.00. The van der Waals surface area contributed by atoms with Crippen LogP contribution in [0.5, 0.6) is 0 Å². The van der Waals surface area contributed by atoms with Crippen LogP contribution in [0.3, 0.4) is 0 Å². The maximum Gasteiger partial charge on any atom is 0.153 e. The zero-order valence-electron chi connectivity index (χ0n) is 8.54. The van der Waals surface area contributed by atoms with E-state index in [1.54, 1.807) is 0 Å². The van der Waals surface area contributed by atoms with Crippen molar-refractivity contribution in [3.63, 3.8) is 0 Å². The first-order valence-corrected chi connectivity index (χ1v) is 8.28. The summed E-state index contributed by atoms with van der Waals surface area (Å²) in [5.74, 6) is 0.392. The zero-order valence-corrected chi connectivity index (χ0v) is 10.9. The highest BCUT2D eigenvalue weighted by Crippen LogP contribution is 2.24. The van der Waals surface area contributed by atoms with Gasteiger partial charge >= 0.3 is 0 Å². The molecule has 0 radical (unpaired) electrons. The Balaban J connectivity index is 2.38. The van der Waals surface area contributed by atoms with Crippen LogP contribution in [0.1, 0.15) is 44.9 Å². The predicted octanol–water partition coefficient (Wildman–Crippen LogP) is 2.91. The molecule has 0 spiro atoms. The standard InChI is InChI=1S/C10H19BrO2S/c11-8-4-5-9-14(12,13)10-6-2-1-3-7-10/h10H,1-9H2. The lowest BCUT2D eigenvalue weighted by molar-refractivity contribution is 0.483. The zero-order chi connectivity index (χ0) is 10.4. The van der Waals surface area contributed by atoms with Crippen LogP contribution in [0.4, 0.5) is 0 Å². The van der Waals surface area contributed by atoms with Crippen LogP contribution in [0.25, 0.3) is 0 Å². The fourth-order valence-electron chi connectivity index (χ4n) is 1.99. The van der Waals surface area contributed by atoms with E-state index < -0.39 is 9.84 Å². The van der Waals surface area contributed by atoms with Crippen LogP contribution in [0.2, 0.25) is 0 Å². The number of alkyl halides is 1. The molecule has 0 heterocycles. The van der Waals surface area contributed by atoms with Gasteiger partial charge in [-0.1, -0.05) is 35.2 Å². The van der Waals surface area contributed by atoms with Gasteiger partial charge in [0.1, 0.15) is 0 Å². The van der Waals surface area contributed by atoms with Crippen LogP contribution in [-0.4, -0.2) is 24.8 Å². The summed E-state index contributed by atoms with van der Waals surface area (Å²) in [6.45, 7) is 0. The summed E-state index contributed by atoms with van der Waals surface area (Å²) in [5, 5.41) is 0.888. The van der Waals surface area contributed by atoms with E-state index >= 15 is 0 Å². The van der Waals surface area contributed by atoms with Crippen molar-refractivity contribution in [1.82, 2.24) is 0 Å². The van der Waals surface area contributed by atoms with Gasteiger partial charge in [-0.25, -0.2) is 8.42 Å². The fourth-order valence-corrected chi connectivity index (χ4v) is 4.38. The van der Waals surface area contributed by atoms with E-state index in [-0.39, 0.29) is 5.25 Å². The lowest BCUT2D eigenvalue weighted by atomic mass is 10.0. The van der Waals surface area contributed by atoms with Gasteiger partial charge in [-0.15, -0.1) is 0 Å². The molecule has 1 aliphatic rings. The minimum Gasteiger partial charge on any atom is -0.229 e. The Bertz CT molecular complexity index is 243. The van der Waals surface area contributed by atoms with E-state index in [1.165, 1.54) is 6.42 Å². The highest BCUT2D eigenvalue weighted by Gasteiger charge is 2.26. The molecule has 0 aliphatic heterocycles. The molecule has 0 aromatic carbocycles. The highest BCUT2D eigenvalue weighted by molar-refractivity contribution is 9.09. The van der Waals surface area contributed by atoms with Crippen molar-refractivity contribution in [1.29, 1.82) is 0 Å². The number of hydrogen-bond acceptors (Lipinski definition) is 2. The van der Waals surface area contributed by atoms with E-state index in [9.17, 15) is 8.42 Å². The van der Waals surface area contributed by atoms with Gasteiger partial charge < -0.3 is 0 Å². The molecule has 0 aromatic rings. The molecule has 4 heteroatoms. The first-order chi connectivity index (χ1) is 6.67. The molecule has 0 N–H and O–H groups in total. The van der Waals surface area contributed by atoms with Crippen molar-refractivity contribution < 1.29 is 8.42 Å². The molecule has 0 unspecified atom stereocenters. The second kappa shape index (κ2) is 6.11. The second-order valence-electron chi connectivity index (χ2n) is 4.02. The van der Waals surface area contributed by atoms with Crippen molar-refractivity contribution in [3.05, 3.63) is 0 Å². The van der Waals surface area contributed by atoms with E-state index in [2.05, 4.69) is 15.9 Å². The normalized spacial score (nSPS) is 19.8. The third-order valence-electron chi connectivity index (χ3n) is 2.87. The van der Waals surface area contributed by atoms with Crippen molar-refractivity contribution >= 4 is 25.8 Å². The largest absolute Gasteiger partial charge is 0.229 e. The first-order valence-electron chi connectivity index (χ1n) is 5.44. The van der Waals surface area contributed by atoms with Crippen LogP contribution < -0.4 is 0 Å². The summed E-state index contributed by atoms with van der Waals surface area (Å²) in [6, 6.07) is 0. The summed E-state index contributed by atoms with van der Waals surface area (Å²) in [7, 11) is -2.78. The van der Waals surface area contributed by atoms with Crippen LogP contribution >= 0.6 is 15.9 Å². The van der Waals surface area contributed by atoms with E-state index in [4.69, 9.17) is 0 Å². The van der Waals surface area contributed by atoms with Gasteiger partial charge in [0.15, 0.2) is 9.84 Å². The van der Waals surface area contributed by atoms with E-state index in [0.29, 0.717) is 5.75 Å². The molecule has 0 atom stereocenters. The van der Waals surface area contributed by atoms with Crippen molar-refractivity contribution in [2.24, 2.45) is 0 Å². The van der Waals surface area contributed by atoms with Gasteiger partial charge in [0.05, 0.1) is 11.0 Å². The summed E-state index contributed by atoms with van der Waals surface area (Å²) < 4.78 is 23.7. The van der Waals surface area contributed by atoms with Gasteiger partial charge in [-0.05, 0) is 25.7 Å². The molecule has 0 amide bonds. The van der Waals surface area contributed by atoms with Crippen LogP contribution in [0.15, 0.2) is 0 Å². The van der Waals surface area contributed by atoms with E-state index in [1.807, 2.05) is 0 Å². The average molecular weight is 283 g/mol. The Morgan fingerprint density at radius 3 is 2.29 bits per heavy atom. The number of sulfone groups is 1.